The van der Waals surface area contributed by atoms with Crippen molar-refractivity contribution < 1.29 is 29.3 Å². The van der Waals surface area contributed by atoms with E-state index in [1.165, 1.54) is 12.1 Å². The molecule has 2 amide bonds. The molecule has 5 aromatic rings. The lowest BCUT2D eigenvalue weighted by Gasteiger charge is -2.46. The van der Waals surface area contributed by atoms with Crippen LogP contribution in [0.1, 0.15) is 77.2 Å². The van der Waals surface area contributed by atoms with Crippen molar-refractivity contribution in [2.45, 2.75) is 69.1 Å². The Labute approximate surface area is 362 Å². The number of ether oxygens (including phenoxy) is 1. The average molecular weight is 840 g/mol. The van der Waals surface area contributed by atoms with Crippen LogP contribution in [0.4, 0.5) is 0 Å². The summed E-state index contributed by atoms with van der Waals surface area (Å²) in [6.45, 7) is 5.67. The SMILES string of the molecule is O=C(CCc1ccc(C(=O)N(CCCNCC(O)c2ccc(O)c3[nH]c(=O)ccc23)Cc2ccccc2)cc1)N1CCC(C(=O)OC2CN3CCC2CC3)(c2ccccc2)CC1. The highest BCUT2D eigenvalue weighted by Crippen LogP contribution is 2.39. The quantitative estimate of drug-likeness (QED) is 0.0722. The molecule has 4 N–H and O–H groups in total. The van der Waals surface area contributed by atoms with Crippen LogP contribution in [-0.4, -0.2) is 106 Å². The first-order valence-electron chi connectivity index (χ1n) is 22.1. The largest absolute Gasteiger partial charge is 0.506 e. The van der Waals surface area contributed by atoms with Gasteiger partial charge in [0.2, 0.25) is 11.5 Å². The van der Waals surface area contributed by atoms with Crippen molar-refractivity contribution >= 4 is 28.7 Å². The predicted octanol–water partition coefficient (Wildman–Crippen LogP) is 5.72. The summed E-state index contributed by atoms with van der Waals surface area (Å²) in [7, 11) is 0. The lowest BCUT2D eigenvalue weighted by Crippen LogP contribution is -2.55. The van der Waals surface area contributed by atoms with Gasteiger partial charge in [0.25, 0.3) is 5.91 Å². The van der Waals surface area contributed by atoms with Gasteiger partial charge in [0.1, 0.15) is 11.9 Å². The van der Waals surface area contributed by atoms with Crippen LogP contribution < -0.4 is 10.9 Å². The first-order valence-corrected chi connectivity index (χ1v) is 22.1. The van der Waals surface area contributed by atoms with E-state index in [1.54, 1.807) is 12.1 Å². The maximum atomic E-state index is 14.1. The number of hydrogen-bond donors (Lipinski definition) is 4. The van der Waals surface area contributed by atoms with Gasteiger partial charge in [-0.2, -0.15) is 0 Å². The number of aliphatic hydroxyl groups is 1. The highest BCUT2D eigenvalue weighted by Gasteiger charge is 2.47. The molecule has 62 heavy (non-hydrogen) atoms. The maximum Gasteiger partial charge on any atom is 0.317 e. The molecule has 12 nitrogen and oxygen atoms in total. The number of phenolic OH excluding ortho intramolecular Hbond substituents is 1. The monoisotopic (exact) mass is 839 g/mol. The third-order valence-electron chi connectivity index (χ3n) is 13.3. The molecule has 4 aromatic carbocycles. The van der Waals surface area contributed by atoms with Crippen molar-refractivity contribution in [3.8, 4) is 5.75 Å². The first-order chi connectivity index (χ1) is 30.2. The molecule has 324 valence electrons. The van der Waals surface area contributed by atoms with Crippen LogP contribution in [0.25, 0.3) is 10.9 Å². The molecular weight excluding hydrogens is 783 g/mol. The van der Waals surface area contributed by atoms with Crippen molar-refractivity contribution in [1.29, 1.82) is 0 Å². The molecule has 2 unspecified atom stereocenters. The number of nitrogens with zero attached hydrogens (tertiary/aromatic N) is 3. The normalized spacial score (nSPS) is 19.8. The lowest BCUT2D eigenvalue weighted by atomic mass is 9.72. The number of aliphatic hydroxyl groups excluding tert-OH is 1. The van der Waals surface area contributed by atoms with Gasteiger partial charge in [0, 0.05) is 62.7 Å². The second-order valence-electron chi connectivity index (χ2n) is 17.2. The number of piperidine rings is 4. The molecule has 5 heterocycles. The van der Waals surface area contributed by atoms with E-state index in [0.29, 0.717) is 87.3 Å². The smallest absolute Gasteiger partial charge is 0.317 e. The van der Waals surface area contributed by atoms with E-state index in [4.69, 9.17) is 4.74 Å². The van der Waals surface area contributed by atoms with Gasteiger partial charge < -0.3 is 35.1 Å². The van der Waals surface area contributed by atoms with E-state index in [-0.39, 0.29) is 47.3 Å². The maximum absolute atomic E-state index is 14.1. The van der Waals surface area contributed by atoms with Gasteiger partial charge in [-0.25, -0.2) is 0 Å². The summed E-state index contributed by atoms with van der Waals surface area (Å²) in [6, 6.07) is 33.4. The van der Waals surface area contributed by atoms with E-state index < -0.39 is 11.5 Å². The van der Waals surface area contributed by atoms with Crippen molar-refractivity contribution in [3.63, 3.8) is 0 Å². The van der Waals surface area contributed by atoms with Gasteiger partial charge in [-0.1, -0.05) is 78.9 Å². The number of aromatic hydroxyl groups is 1. The highest BCUT2D eigenvalue weighted by molar-refractivity contribution is 5.94. The zero-order chi connectivity index (χ0) is 43.1. The van der Waals surface area contributed by atoms with E-state index >= 15 is 0 Å². The molecule has 4 saturated heterocycles. The molecular formula is C50H57N5O7. The third-order valence-corrected chi connectivity index (χ3v) is 13.3. The number of benzene rings is 4. The topological polar surface area (TPSA) is 156 Å². The molecule has 2 bridgehead atoms. The standard InChI is InChI=1S/C50H57N5O7/c56-42-19-17-40(41-18-20-45(58)52-47(41)42)43(57)32-51-26-7-27-55(33-36-8-3-1-4-9-36)48(60)38-15-12-35(13-16-38)14-21-46(59)54-30-24-50(25-31-54,39-10-5-2-6-11-39)49(61)62-44-34-53-28-22-37(44)23-29-53/h1-6,8-13,15-20,37,43-44,51,56-57H,7,14,21-34H2,(H,52,58). The van der Waals surface area contributed by atoms with Gasteiger partial charge in [0.15, 0.2) is 0 Å². The van der Waals surface area contributed by atoms with Crippen LogP contribution in [0, 0.1) is 5.92 Å². The lowest BCUT2D eigenvalue weighted by molar-refractivity contribution is -0.168. The summed E-state index contributed by atoms with van der Waals surface area (Å²) < 4.78 is 6.33. The van der Waals surface area contributed by atoms with Crippen LogP contribution in [0.15, 0.2) is 114 Å². The average Bonchev–Trinajstić information content (AvgIpc) is 3.31. The first kappa shape index (κ1) is 42.9. The van der Waals surface area contributed by atoms with E-state index in [0.717, 1.165) is 49.2 Å². The number of H-pyrrole nitrogens is 1. The van der Waals surface area contributed by atoms with Crippen molar-refractivity contribution in [2.24, 2.45) is 5.92 Å². The van der Waals surface area contributed by atoms with E-state index in [9.17, 15) is 29.4 Å². The Morgan fingerprint density at radius 3 is 2.26 bits per heavy atom. The van der Waals surface area contributed by atoms with Gasteiger partial charge in [-0.15, -0.1) is 0 Å². The molecule has 0 saturated carbocycles. The number of rotatable bonds is 16. The minimum Gasteiger partial charge on any atom is -0.506 e. The van der Waals surface area contributed by atoms with Gasteiger partial charge >= 0.3 is 5.97 Å². The zero-order valence-electron chi connectivity index (χ0n) is 35.2. The fraction of sp³-hybridized carbons (Fsp3) is 0.400. The second kappa shape index (κ2) is 19.5. The minimum absolute atomic E-state index is 0.0560. The van der Waals surface area contributed by atoms with Crippen molar-refractivity contribution in [3.05, 3.63) is 147 Å². The second-order valence-corrected chi connectivity index (χ2v) is 17.2. The molecule has 4 fully saturated rings. The number of aromatic nitrogens is 1. The minimum atomic E-state index is -0.880. The van der Waals surface area contributed by atoms with Gasteiger partial charge in [-0.3, -0.25) is 24.1 Å². The Kier molecular flexibility index (Phi) is 13.5. The zero-order valence-corrected chi connectivity index (χ0v) is 35.2. The molecule has 9 rings (SSSR count). The number of phenols is 1. The number of esters is 1. The molecule has 1 aromatic heterocycles. The molecule has 12 heteroatoms. The Morgan fingerprint density at radius 1 is 0.855 bits per heavy atom. The van der Waals surface area contributed by atoms with E-state index in [2.05, 4.69) is 15.2 Å². The number of carbonyl (C=O) groups excluding carboxylic acids is 3. The fourth-order valence-corrected chi connectivity index (χ4v) is 9.56. The van der Waals surface area contributed by atoms with Gasteiger partial charge in [0.05, 0.1) is 17.0 Å². The molecule has 4 aliphatic rings. The number of nitrogens with one attached hydrogen (secondary N) is 2. The molecule has 0 radical (unpaired) electrons. The van der Waals surface area contributed by atoms with E-state index in [1.807, 2.05) is 94.7 Å². The highest BCUT2D eigenvalue weighted by atomic mass is 16.5. The van der Waals surface area contributed by atoms with Crippen LogP contribution in [0.3, 0.4) is 0 Å². The Balaban J connectivity index is 0.835. The number of amides is 2. The predicted molar refractivity (Wildman–Crippen MR) is 238 cm³/mol. The molecule has 0 spiro atoms. The molecule has 4 aliphatic heterocycles. The third kappa shape index (κ3) is 9.78. The van der Waals surface area contributed by atoms with Crippen LogP contribution in [0.5, 0.6) is 5.75 Å². The Bertz CT molecular complexity index is 2370. The summed E-state index contributed by atoms with van der Waals surface area (Å²) in [5.41, 5.74) is 3.28. The molecule has 0 aliphatic carbocycles. The Morgan fingerprint density at radius 2 is 1.56 bits per heavy atom. The number of likely N-dealkylation sites (tertiary alicyclic amines) is 1. The van der Waals surface area contributed by atoms with Gasteiger partial charge in [-0.05, 0) is 111 Å². The van der Waals surface area contributed by atoms with Crippen molar-refractivity contribution in [1.82, 2.24) is 25.0 Å². The van der Waals surface area contributed by atoms with Crippen LogP contribution >= 0.6 is 0 Å². The summed E-state index contributed by atoms with van der Waals surface area (Å²) in [6.07, 6.45) is 3.77. The number of aryl methyl sites for hydroxylation is 1. The number of pyridine rings is 1. The van der Waals surface area contributed by atoms with Crippen LogP contribution in [0.2, 0.25) is 0 Å². The fourth-order valence-electron chi connectivity index (χ4n) is 9.56. The Hall–Kier alpha value is -5.82. The summed E-state index contributed by atoms with van der Waals surface area (Å²) in [4.78, 5) is 62.1. The number of fused-ring (bicyclic) bond motifs is 4. The van der Waals surface area contributed by atoms with Crippen LogP contribution in [-0.2, 0) is 32.7 Å². The number of carbonyl (C=O) groups is 3. The summed E-state index contributed by atoms with van der Waals surface area (Å²) in [5, 5.41) is 25.0. The summed E-state index contributed by atoms with van der Waals surface area (Å²) >= 11 is 0. The molecule has 2 atom stereocenters. The number of hydrogen-bond acceptors (Lipinski definition) is 9. The number of aromatic amines is 1. The van der Waals surface area contributed by atoms with Crippen molar-refractivity contribution in [2.75, 3.05) is 52.4 Å². The summed E-state index contributed by atoms with van der Waals surface area (Å²) in [5.74, 6) is 0.176.